The number of hydrogen-bond acceptors (Lipinski definition) is 3. The molecule has 1 saturated heterocycles. The van der Waals surface area contributed by atoms with Gasteiger partial charge in [0.1, 0.15) is 12.4 Å². The molecule has 1 heterocycles. The molecule has 6 heteroatoms. The largest absolute Gasteiger partial charge is 0.339 e. The highest BCUT2D eigenvalue weighted by Crippen LogP contribution is 2.13. The average Bonchev–Trinajstić information content (AvgIpc) is 2.74. The van der Waals surface area contributed by atoms with Crippen LogP contribution < -0.4 is 5.32 Å². The highest BCUT2D eigenvalue weighted by atomic mass is 19.1. The number of rotatable bonds is 6. The Morgan fingerprint density at radius 3 is 2.39 bits per heavy atom. The number of piperazine rings is 1. The van der Waals surface area contributed by atoms with Gasteiger partial charge in [-0.3, -0.25) is 9.59 Å². The maximum absolute atomic E-state index is 13.6. The zero-order valence-corrected chi connectivity index (χ0v) is 16.2. The topological polar surface area (TPSA) is 52.7 Å². The SMILES string of the molecule is CCc1ccc(CN(CC(=O)N2CCNCC2)C(=O)c2cccc(F)c2)cc1. The van der Waals surface area contributed by atoms with Crippen LogP contribution in [0.2, 0.25) is 0 Å². The van der Waals surface area contributed by atoms with Gasteiger partial charge < -0.3 is 15.1 Å². The smallest absolute Gasteiger partial charge is 0.254 e. The third-order valence-corrected chi connectivity index (χ3v) is 4.96. The van der Waals surface area contributed by atoms with Crippen molar-refractivity contribution in [2.75, 3.05) is 32.7 Å². The molecule has 0 aromatic heterocycles. The van der Waals surface area contributed by atoms with Crippen LogP contribution in [0, 0.1) is 5.82 Å². The van der Waals surface area contributed by atoms with Crippen LogP contribution in [-0.4, -0.2) is 54.3 Å². The number of carbonyl (C=O) groups excluding carboxylic acids is 2. The molecular weight excluding hydrogens is 357 g/mol. The Morgan fingerprint density at radius 2 is 1.75 bits per heavy atom. The minimum atomic E-state index is -0.466. The molecule has 0 spiro atoms. The molecule has 0 bridgehead atoms. The number of amides is 2. The molecule has 1 aliphatic rings. The molecule has 148 valence electrons. The van der Waals surface area contributed by atoms with Crippen LogP contribution in [0.25, 0.3) is 0 Å². The van der Waals surface area contributed by atoms with Crippen LogP contribution in [0.3, 0.4) is 0 Å². The molecule has 0 atom stereocenters. The Hall–Kier alpha value is -2.73. The lowest BCUT2D eigenvalue weighted by Gasteiger charge is -2.30. The maximum Gasteiger partial charge on any atom is 0.254 e. The number of benzene rings is 2. The molecule has 2 amide bonds. The minimum absolute atomic E-state index is 0.0229. The Kier molecular flexibility index (Phi) is 6.76. The Bertz CT molecular complexity index is 817. The lowest BCUT2D eigenvalue weighted by atomic mass is 10.1. The molecule has 1 fully saturated rings. The first-order valence-corrected chi connectivity index (χ1v) is 9.68. The number of carbonyl (C=O) groups is 2. The number of hydrogen-bond donors (Lipinski definition) is 1. The second kappa shape index (κ2) is 9.46. The average molecular weight is 383 g/mol. The molecule has 0 radical (unpaired) electrons. The molecular formula is C22H26FN3O2. The number of nitrogens with zero attached hydrogens (tertiary/aromatic N) is 2. The predicted octanol–water partition coefficient (Wildman–Crippen LogP) is 2.46. The van der Waals surface area contributed by atoms with Crippen LogP contribution in [0.4, 0.5) is 4.39 Å². The molecule has 0 unspecified atom stereocenters. The first kappa shape index (κ1) is 20.0. The van der Waals surface area contributed by atoms with E-state index in [1.165, 1.54) is 28.7 Å². The quantitative estimate of drug-likeness (QED) is 0.834. The summed E-state index contributed by atoms with van der Waals surface area (Å²) in [7, 11) is 0. The van der Waals surface area contributed by atoms with Crippen molar-refractivity contribution in [1.29, 1.82) is 0 Å². The van der Waals surface area contributed by atoms with Crippen molar-refractivity contribution in [3.8, 4) is 0 Å². The zero-order valence-electron chi connectivity index (χ0n) is 16.2. The minimum Gasteiger partial charge on any atom is -0.339 e. The van der Waals surface area contributed by atoms with Crippen molar-refractivity contribution in [3.63, 3.8) is 0 Å². The summed E-state index contributed by atoms with van der Waals surface area (Å²) in [5, 5.41) is 3.21. The van der Waals surface area contributed by atoms with E-state index in [-0.39, 0.29) is 23.9 Å². The van der Waals surface area contributed by atoms with Crippen molar-refractivity contribution in [3.05, 3.63) is 71.0 Å². The summed E-state index contributed by atoms with van der Waals surface area (Å²) in [6, 6.07) is 13.6. The summed E-state index contributed by atoms with van der Waals surface area (Å²) >= 11 is 0. The fourth-order valence-electron chi connectivity index (χ4n) is 3.28. The molecule has 3 rings (SSSR count). The molecule has 28 heavy (non-hydrogen) atoms. The Morgan fingerprint density at radius 1 is 1.07 bits per heavy atom. The van der Waals surface area contributed by atoms with Crippen LogP contribution >= 0.6 is 0 Å². The van der Waals surface area contributed by atoms with E-state index in [0.29, 0.717) is 19.6 Å². The van der Waals surface area contributed by atoms with E-state index in [4.69, 9.17) is 0 Å². The standard InChI is InChI=1S/C22H26FN3O2/c1-2-17-6-8-18(9-7-17)15-26(16-21(27)25-12-10-24-11-13-25)22(28)19-4-3-5-20(23)14-19/h3-9,14,24H,2,10-13,15-16H2,1H3. The van der Waals surface area contributed by atoms with Crippen LogP contribution in [0.5, 0.6) is 0 Å². The second-order valence-corrected chi connectivity index (χ2v) is 6.97. The van der Waals surface area contributed by atoms with Gasteiger partial charge in [0.25, 0.3) is 5.91 Å². The van der Waals surface area contributed by atoms with Gasteiger partial charge in [0, 0.05) is 38.3 Å². The van der Waals surface area contributed by atoms with Gasteiger partial charge in [0.15, 0.2) is 0 Å². The fraction of sp³-hybridized carbons (Fsp3) is 0.364. The van der Waals surface area contributed by atoms with Gasteiger partial charge >= 0.3 is 0 Å². The lowest BCUT2D eigenvalue weighted by molar-refractivity contribution is -0.132. The number of aryl methyl sites for hydroxylation is 1. The van der Waals surface area contributed by atoms with E-state index in [2.05, 4.69) is 12.2 Å². The van der Waals surface area contributed by atoms with Gasteiger partial charge in [-0.2, -0.15) is 0 Å². The first-order chi connectivity index (χ1) is 13.6. The normalized spacial score (nSPS) is 14.0. The molecule has 5 nitrogen and oxygen atoms in total. The number of halogens is 1. The molecule has 2 aromatic rings. The van der Waals surface area contributed by atoms with E-state index in [9.17, 15) is 14.0 Å². The molecule has 2 aromatic carbocycles. The maximum atomic E-state index is 13.6. The fourth-order valence-corrected chi connectivity index (χ4v) is 3.28. The molecule has 1 aliphatic heterocycles. The summed E-state index contributed by atoms with van der Waals surface area (Å²) in [6.45, 7) is 5.13. The van der Waals surface area contributed by atoms with Crippen molar-refractivity contribution in [1.82, 2.24) is 15.1 Å². The molecule has 0 aliphatic carbocycles. The van der Waals surface area contributed by atoms with Gasteiger partial charge in [-0.1, -0.05) is 37.3 Å². The van der Waals surface area contributed by atoms with E-state index >= 15 is 0 Å². The van der Waals surface area contributed by atoms with Gasteiger partial charge in [-0.15, -0.1) is 0 Å². The lowest BCUT2D eigenvalue weighted by Crippen LogP contribution is -2.50. The van der Waals surface area contributed by atoms with Gasteiger partial charge in [-0.05, 0) is 35.7 Å². The highest BCUT2D eigenvalue weighted by Gasteiger charge is 2.23. The summed E-state index contributed by atoms with van der Waals surface area (Å²) in [5.41, 5.74) is 2.40. The third kappa shape index (κ3) is 5.16. The summed E-state index contributed by atoms with van der Waals surface area (Å²) in [4.78, 5) is 29.0. The Labute approximate surface area is 165 Å². The predicted molar refractivity (Wildman–Crippen MR) is 106 cm³/mol. The van der Waals surface area contributed by atoms with Crippen LogP contribution in [-0.2, 0) is 17.8 Å². The number of nitrogens with one attached hydrogen (secondary N) is 1. The highest BCUT2D eigenvalue weighted by molar-refractivity contribution is 5.96. The summed E-state index contributed by atoms with van der Waals surface area (Å²) in [6.07, 6.45) is 0.938. The van der Waals surface area contributed by atoms with Crippen LogP contribution in [0.1, 0.15) is 28.4 Å². The van der Waals surface area contributed by atoms with Crippen molar-refractivity contribution in [2.45, 2.75) is 19.9 Å². The van der Waals surface area contributed by atoms with E-state index < -0.39 is 5.82 Å². The Balaban J connectivity index is 1.79. The van der Waals surface area contributed by atoms with Crippen molar-refractivity contribution < 1.29 is 14.0 Å². The summed E-state index contributed by atoms with van der Waals surface area (Å²) in [5.74, 6) is -0.898. The van der Waals surface area contributed by atoms with Crippen LogP contribution in [0.15, 0.2) is 48.5 Å². The molecule has 1 N–H and O–H groups in total. The third-order valence-electron chi connectivity index (χ3n) is 4.96. The van der Waals surface area contributed by atoms with Crippen molar-refractivity contribution >= 4 is 11.8 Å². The van der Waals surface area contributed by atoms with E-state index in [1.54, 1.807) is 11.0 Å². The monoisotopic (exact) mass is 383 g/mol. The van der Waals surface area contributed by atoms with Crippen molar-refractivity contribution in [2.24, 2.45) is 0 Å². The van der Waals surface area contributed by atoms with Gasteiger partial charge in [-0.25, -0.2) is 4.39 Å². The zero-order chi connectivity index (χ0) is 19.9. The summed E-state index contributed by atoms with van der Waals surface area (Å²) < 4.78 is 13.6. The first-order valence-electron chi connectivity index (χ1n) is 9.68. The van der Waals surface area contributed by atoms with E-state index in [0.717, 1.165) is 25.1 Å². The molecule has 0 saturated carbocycles. The van der Waals surface area contributed by atoms with Gasteiger partial charge in [0.05, 0.1) is 0 Å². The van der Waals surface area contributed by atoms with E-state index in [1.807, 2.05) is 24.3 Å². The van der Waals surface area contributed by atoms with Gasteiger partial charge in [0.2, 0.25) is 5.91 Å². The second-order valence-electron chi connectivity index (χ2n) is 6.97.